The van der Waals surface area contributed by atoms with Crippen molar-refractivity contribution in [3.63, 3.8) is 0 Å². The zero-order valence-electron chi connectivity index (χ0n) is 11.4. The van der Waals surface area contributed by atoms with Crippen LogP contribution in [0.25, 0.3) is 10.8 Å². The van der Waals surface area contributed by atoms with Crippen LogP contribution in [-0.2, 0) is 0 Å². The summed E-state index contributed by atoms with van der Waals surface area (Å²) >= 11 is 18.9. The smallest absolute Gasteiger partial charge is 0.0855 e. The second-order valence-electron chi connectivity index (χ2n) is 5.05. The van der Waals surface area contributed by atoms with E-state index in [2.05, 4.69) is 31.2 Å². The molecule has 0 aromatic heterocycles. The fourth-order valence-electron chi connectivity index (χ4n) is 2.57. The van der Waals surface area contributed by atoms with Gasteiger partial charge in [0.05, 0.1) is 5.38 Å². The highest BCUT2D eigenvalue weighted by molar-refractivity contribution is 6.36. The van der Waals surface area contributed by atoms with Gasteiger partial charge in [0.1, 0.15) is 0 Å². The van der Waals surface area contributed by atoms with Crippen molar-refractivity contribution in [3.8, 4) is 0 Å². The van der Waals surface area contributed by atoms with E-state index in [-0.39, 0.29) is 5.38 Å². The zero-order chi connectivity index (χ0) is 15.0. The molecule has 3 heteroatoms. The summed E-state index contributed by atoms with van der Waals surface area (Å²) in [7, 11) is 0. The molecule has 1 atom stereocenters. The molecule has 0 aliphatic heterocycles. The molecule has 106 valence electrons. The van der Waals surface area contributed by atoms with E-state index in [1.807, 2.05) is 24.3 Å². The van der Waals surface area contributed by atoms with Gasteiger partial charge >= 0.3 is 0 Å². The average Bonchev–Trinajstić information content (AvgIpc) is 2.47. The van der Waals surface area contributed by atoms with Crippen molar-refractivity contribution in [1.29, 1.82) is 0 Å². The molecule has 0 radical (unpaired) electrons. The zero-order valence-corrected chi connectivity index (χ0v) is 13.7. The lowest BCUT2D eigenvalue weighted by molar-refractivity contribution is 1.16. The van der Waals surface area contributed by atoms with Crippen molar-refractivity contribution < 1.29 is 0 Å². The van der Waals surface area contributed by atoms with Crippen LogP contribution in [0.5, 0.6) is 0 Å². The Hall–Kier alpha value is -1.21. The van der Waals surface area contributed by atoms with Gasteiger partial charge in [0, 0.05) is 10.0 Å². The fourth-order valence-corrected chi connectivity index (χ4v) is 3.52. The van der Waals surface area contributed by atoms with Crippen LogP contribution in [0.4, 0.5) is 0 Å². The van der Waals surface area contributed by atoms with Crippen molar-refractivity contribution >= 4 is 45.6 Å². The summed E-state index contributed by atoms with van der Waals surface area (Å²) in [6.07, 6.45) is 0. The molecule has 3 rings (SSSR count). The van der Waals surface area contributed by atoms with Gasteiger partial charge in [-0.3, -0.25) is 0 Å². The first-order valence-corrected chi connectivity index (χ1v) is 7.84. The molecule has 0 bridgehead atoms. The number of aryl methyl sites for hydroxylation is 1. The normalized spacial score (nSPS) is 12.6. The monoisotopic (exact) mass is 334 g/mol. The molecule has 0 aliphatic rings. The van der Waals surface area contributed by atoms with Gasteiger partial charge in [-0.15, -0.1) is 11.6 Å². The maximum absolute atomic E-state index is 6.69. The first kappa shape index (κ1) is 14.7. The Morgan fingerprint density at radius 1 is 0.810 bits per heavy atom. The van der Waals surface area contributed by atoms with Crippen molar-refractivity contribution in [2.75, 3.05) is 0 Å². The van der Waals surface area contributed by atoms with Crippen LogP contribution >= 0.6 is 34.8 Å². The molecule has 0 heterocycles. The summed E-state index contributed by atoms with van der Waals surface area (Å²) in [5, 5.41) is 3.27. The van der Waals surface area contributed by atoms with Gasteiger partial charge in [0.15, 0.2) is 0 Å². The number of alkyl halides is 1. The second kappa shape index (κ2) is 5.88. The molecule has 1 unspecified atom stereocenters. The van der Waals surface area contributed by atoms with Crippen molar-refractivity contribution in [1.82, 2.24) is 0 Å². The third-order valence-electron chi connectivity index (χ3n) is 3.68. The van der Waals surface area contributed by atoms with E-state index in [1.165, 1.54) is 10.9 Å². The minimum Gasteiger partial charge on any atom is -0.113 e. The molecule has 0 saturated heterocycles. The van der Waals surface area contributed by atoms with E-state index in [0.717, 1.165) is 16.5 Å². The average molecular weight is 336 g/mol. The molecule has 21 heavy (non-hydrogen) atoms. The van der Waals surface area contributed by atoms with Gasteiger partial charge in [-0.05, 0) is 46.5 Å². The largest absolute Gasteiger partial charge is 0.113 e. The highest BCUT2D eigenvalue weighted by Gasteiger charge is 2.17. The number of rotatable bonds is 2. The predicted octanol–water partition coefficient (Wildman–Crippen LogP) is 6.78. The van der Waals surface area contributed by atoms with E-state index in [0.29, 0.717) is 10.0 Å². The molecule has 0 N–H and O–H groups in total. The van der Waals surface area contributed by atoms with E-state index < -0.39 is 0 Å². The predicted molar refractivity (Wildman–Crippen MR) is 92.8 cm³/mol. The van der Waals surface area contributed by atoms with Gasteiger partial charge < -0.3 is 0 Å². The highest BCUT2D eigenvalue weighted by atomic mass is 35.5. The highest BCUT2D eigenvalue weighted by Crippen LogP contribution is 2.38. The summed E-state index contributed by atoms with van der Waals surface area (Å²) in [5.41, 5.74) is 3.17. The summed E-state index contributed by atoms with van der Waals surface area (Å²) in [5.74, 6) is 0. The molecule has 0 spiro atoms. The molecule has 0 amide bonds. The number of benzene rings is 3. The summed E-state index contributed by atoms with van der Waals surface area (Å²) in [4.78, 5) is 0. The number of hydrogen-bond acceptors (Lipinski definition) is 0. The number of hydrogen-bond donors (Lipinski definition) is 0. The topological polar surface area (TPSA) is 0 Å². The van der Waals surface area contributed by atoms with E-state index in [1.54, 1.807) is 6.07 Å². The fraction of sp³-hybridized carbons (Fsp3) is 0.111. The van der Waals surface area contributed by atoms with E-state index in [9.17, 15) is 0 Å². The molecule has 0 aliphatic carbocycles. The van der Waals surface area contributed by atoms with Crippen LogP contribution in [0.1, 0.15) is 22.1 Å². The summed E-state index contributed by atoms with van der Waals surface area (Å²) < 4.78 is 0. The van der Waals surface area contributed by atoms with Crippen LogP contribution < -0.4 is 0 Å². The van der Waals surface area contributed by atoms with E-state index >= 15 is 0 Å². The van der Waals surface area contributed by atoms with Gasteiger partial charge in [0.25, 0.3) is 0 Å². The van der Waals surface area contributed by atoms with Crippen LogP contribution in [-0.4, -0.2) is 0 Å². The summed E-state index contributed by atoms with van der Waals surface area (Å²) in [6, 6.07) is 17.9. The Labute approximate surface area is 139 Å². The minimum absolute atomic E-state index is 0.305. The Balaban J connectivity index is 2.18. The van der Waals surface area contributed by atoms with Gasteiger partial charge in [-0.1, -0.05) is 65.7 Å². The Bertz CT molecular complexity index is 809. The first-order valence-electron chi connectivity index (χ1n) is 6.65. The summed E-state index contributed by atoms with van der Waals surface area (Å²) in [6.45, 7) is 2.10. The molecule has 0 nitrogen and oxygen atoms in total. The van der Waals surface area contributed by atoms with Gasteiger partial charge in [-0.2, -0.15) is 0 Å². The van der Waals surface area contributed by atoms with Crippen molar-refractivity contribution in [2.24, 2.45) is 0 Å². The molecule has 0 fully saturated rings. The third kappa shape index (κ3) is 2.76. The third-order valence-corrected chi connectivity index (χ3v) is 4.72. The van der Waals surface area contributed by atoms with Gasteiger partial charge in [0.2, 0.25) is 0 Å². The number of fused-ring (bicyclic) bond motifs is 1. The minimum atomic E-state index is -0.305. The van der Waals surface area contributed by atoms with Crippen LogP contribution in [0.3, 0.4) is 0 Å². The lowest BCUT2D eigenvalue weighted by Crippen LogP contribution is -1.96. The molecule has 3 aromatic carbocycles. The maximum Gasteiger partial charge on any atom is 0.0855 e. The quantitative estimate of drug-likeness (QED) is 0.453. The Morgan fingerprint density at radius 3 is 2.19 bits per heavy atom. The lowest BCUT2D eigenvalue weighted by Gasteiger charge is -2.16. The Kier molecular flexibility index (Phi) is 4.12. The van der Waals surface area contributed by atoms with Crippen molar-refractivity contribution in [3.05, 3.63) is 81.3 Å². The number of halogens is 3. The SMILES string of the molecule is Cc1ccc(C(Cl)c2ccc(Cl)cc2Cl)c2ccccc12. The Morgan fingerprint density at radius 2 is 1.48 bits per heavy atom. The van der Waals surface area contributed by atoms with E-state index in [4.69, 9.17) is 34.8 Å². The molecular formula is C18H13Cl3. The molecule has 3 aromatic rings. The molecule has 0 saturated carbocycles. The second-order valence-corrected chi connectivity index (χ2v) is 6.33. The van der Waals surface area contributed by atoms with Gasteiger partial charge in [-0.25, -0.2) is 0 Å². The standard InChI is InChI=1S/C18H13Cl3/c1-11-6-8-15(14-5-3-2-4-13(11)14)18(21)16-9-7-12(19)10-17(16)20/h2-10,18H,1H3. The van der Waals surface area contributed by atoms with Crippen LogP contribution in [0, 0.1) is 6.92 Å². The lowest BCUT2D eigenvalue weighted by atomic mass is 9.95. The van der Waals surface area contributed by atoms with Crippen LogP contribution in [0.2, 0.25) is 10.0 Å². The molecular weight excluding hydrogens is 323 g/mol. The van der Waals surface area contributed by atoms with Crippen molar-refractivity contribution in [2.45, 2.75) is 12.3 Å². The van der Waals surface area contributed by atoms with Crippen LogP contribution in [0.15, 0.2) is 54.6 Å². The first-order chi connectivity index (χ1) is 10.1. The maximum atomic E-state index is 6.69.